The molecule has 4 unspecified atom stereocenters. The number of hydrogen-bond acceptors (Lipinski definition) is 3. The van der Waals surface area contributed by atoms with Gasteiger partial charge in [-0.15, -0.1) is 0 Å². The number of amides is 1. The molecule has 2 aromatic heterocycles. The van der Waals surface area contributed by atoms with Gasteiger partial charge < -0.3 is 5.32 Å². The molecule has 4 rings (SSSR count). The van der Waals surface area contributed by atoms with Crippen LogP contribution >= 0.6 is 0 Å². The van der Waals surface area contributed by atoms with Crippen molar-refractivity contribution in [2.24, 2.45) is 17.8 Å². The summed E-state index contributed by atoms with van der Waals surface area (Å²) in [5, 5.41) is 7.42. The van der Waals surface area contributed by atoms with E-state index in [1.807, 2.05) is 0 Å². The molecule has 2 aliphatic rings. The normalized spacial score (nSPS) is 28.9. The third kappa shape index (κ3) is 2.20. The maximum atomic E-state index is 12.4. The lowest BCUT2D eigenvalue weighted by Gasteiger charge is -2.28. The van der Waals surface area contributed by atoms with E-state index in [1.54, 1.807) is 29.0 Å². The predicted octanol–water partition coefficient (Wildman–Crippen LogP) is 2.28. The number of rotatable bonds is 3. The molecule has 2 bridgehead atoms. The molecule has 2 aliphatic carbocycles. The van der Waals surface area contributed by atoms with Gasteiger partial charge in [0.15, 0.2) is 11.3 Å². The number of carbonyl (C=O) groups is 1. The minimum Gasteiger partial charge on any atom is -0.348 e. The molecule has 110 valence electrons. The van der Waals surface area contributed by atoms with Crippen LogP contribution in [-0.4, -0.2) is 26.5 Å². The van der Waals surface area contributed by atoms with E-state index < -0.39 is 0 Å². The average molecular weight is 284 g/mol. The van der Waals surface area contributed by atoms with Crippen molar-refractivity contribution in [1.29, 1.82) is 0 Å². The molecule has 0 radical (unpaired) electrons. The van der Waals surface area contributed by atoms with Crippen molar-refractivity contribution < 1.29 is 4.79 Å². The van der Waals surface area contributed by atoms with Crippen molar-refractivity contribution in [2.45, 2.75) is 38.6 Å². The second-order valence-corrected chi connectivity index (χ2v) is 6.55. The fourth-order valence-electron chi connectivity index (χ4n) is 4.24. The lowest BCUT2D eigenvalue weighted by molar-refractivity contribution is 0.0910. The molecule has 2 aromatic rings. The van der Waals surface area contributed by atoms with E-state index in [0.29, 0.717) is 17.3 Å². The summed E-state index contributed by atoms with van der Waals surface area (Å²) in [6, 6.07) is 3.77. The van der Waals surface area contributed by atoms with Crippen LogP contribution in [0, 0.1) is 17.8 Å². The molecule has 5 heteroatoms. The maximum absolute atomic E-state index is 12.4. The van der Waals surface area contributed by atoms with Crippen molar-refractivity contribution in [1.82, 2.24) is 19.9 Å². The van der Waals surface area contributed by atoms with Crippen molar-refractivity contribution in [3.8, 4) is 0 Å². The minimum atomic E-state index is -0.0872. The van der Waals surface area contributed by atoms with Crippen molar-refractivity contribution >= 4 is 11.6 Å². The summed E-state index contributed by atoms with van der Waals surface area (Å²) >= 11 is 0. The largest absolute Gasteiger partial charge is 0.348 e. The highest BCUT2D eigenvalue weighted by molar-refractivity contribution is 5.93. The van der Waals surface area contributed by atoms with Crippen LogP contribution in [0.5, 0.6) is 0 Å². The zero-order valence-corrected chi connectivity index (χ0v) is 12.2. The number of hydrogen-bond donors (Lipinski definition) is 1. The third-order valence-corrected chi connectivity index (χ3v) is 5.26. The van der Waals surface area contributed by atoms with Crippen LogP contribution < -0.4 is 5.32 Å². The predicted molar refractivity (Wildman–Crippen MR) is 78.9 cm³/mol. The molecular weight excluding hydrogens is 264 g/mol. The van der Waals surface area contributed by atoms with Crippen LogP contribution in [-0.2, 0) is 0 Å². The molecule has 0 spiro atoms. The van der Waals surface area contributed by atoms with Gasteiger partial charge in [0.1, 0.15) is 0 Å². The summed E-state index contributed by atoms with van der Waals surface area (Å²) in [6.07, 6.45) is 8.88. The van der Waals surface area contributed by atoms with E-state index in [9.17, 15) is 4.79 Å². The minimum absolute atomic E-state index is 0.0872. The highest BCUT2D eigenvalue weighted by Gasteiger charge is 2.42. The quantitative estimate of drug-likeness (QED) is 0.940. The van der Waals surface area contributed by atoms with Crippen LogP contribution in [0.3, 0.4) is 0 Å². The Morgan fingerprint density at radius 1 is 1.43 bits per heavy atom. The van der Waals surface area contributed by atoms with E-state index in [2.05, 4.69) is 22.3 Å². The van der Waals surface area contributed by atoms with Gasteiger partial charge in [-0.2, -0.15) is 5.10 Å². The summed E-state index contributed by atoms with van der Waals surface area (Å²) < 4.78 is 1.64. The second kappa shape index (κ2) is 4.83. The zero-order chi connectivity index (χ0) is 14.4. The third-order valence-electron chi connectivity index (χ3n) is 5.26. The van der Waals surface area contributed by atoms with Gasteiger partial charge in [0, 0.05) is 24.5 Å². The Kier molecular flexibility index (Phi) is 2.94. The van der Waals surface area contributed by atoms with Gasteiger partial charge >= 0.3 is 0 Å². The maximum Gasteiger partial charge on any atom is 0.272 e. The molecule has 2 heterocycles. The van der Waals surface area contributed by atoms with Crippen molar-refractivity contribution in [2.75, 3.05) is 0 Å². The van der Waals surface area contributed by atoms with Crippen LogP contribution in [0.25, 0.3) is 5.65 Å². The van der Waals surface area contributed by atoms with E-state index in [-0.39, 0.29) is 11.9 Å². The Balaban J connectivity index is 1.47. The summed E-state index contributed by atoms with van der Waals surface area (Å²) in [5.74, 6) is 2.27. The highest BCUT2D eigenvalue weighted by atomic mass is 16.2. The van der Waals surface area contributed by atoms with Gasteiger partial charge in [-0.05, 0) is 50.0 Å². The smallest absolute Gasteiger partial charge is 0.272 e. The number of aromatic nitrogens is 3. The van der Waals surface area contributed by atoms with E-state index in [0.717, 1.165) is 11.8 Å². The summed E-state index contributed by atoms with van der Waals surface area (Å²) in [6.45, 7) is 2.14. The molecule has 1 amide bonds. The second-order valence-electron chi connectivity index (χ2n) is 6.55. The van der Waals surface area contributed by atoms with Crippen LogP contribution in [0.1, 0.15) is 43.1 Å². The molecule has 2 saturated carbocycles. The molecule has 1 N–H and O–H groups in total. The molecule has 0 saturated heterocycles. The number of nitrogens with one attached hydrogen (secondary N) is 1. The van der Waals surface area contributed by atoms with Gasteiger partial charge in [-0.1, -0.05) is 6.42 Å². The summed E-state index contributed by atoms with van der Waals surface area (Å²) in [5.41, 5.74) is 1.15. The number of carbonyl (C=O) groups excluding carboxylic acids is 1. The standard InChI is InChI=1S/C16H20N4O/c1-10(13-8-11-3-4-12(13)7-11)18-16(21)14-9-15-17-5-2-6-20(15)19-14/h2,5-6,9-13H,3-4,7-8H2,1H3,(H,18,21). The fourth-order valence-corrected chi connectivity index (χ4v) is 4.24. The lowest BCUT2D eigenvalue weighted by Crippen LogP contribution is -2.40. The van der Waals surface area contributed by atoms with Crippen molar-refractivity contribution in [3.63, 3.8) is 0 Å². The Bertz CT molecular complexity index is 647. The topological polar surface area (TPSA) is 59.3 Å². The molecule has 21 heavy (non-hydrogen) atoms. The van der Waals surface area contributed by atoms with Crippen LogP contribution in [0.15, 0.2) is 24.5 Å². The van der Waals surface area contributed by atoms with Crippen LogP contribution in [0.2, 0.25) is 0 Å². The first kappa shape index (κ1) is 12.8. The van der Waals surface area contributed by atoms with E-state index >= 15 is 0 Å². The summed E-state index contributed by atoms with van der Waals surface area (Å²) in [7, 11) is 0. The molecule has 4 atom stereocenters. The average Bonchev–Trinajstić information content (AvgIpc) is 3.21. The Morgan fingerprint density at radius 2 is 2.33 bits per heavy atom. The highest BCUT2D eigenvalue weighted by Crippen LogP contribution is 2.49. The monoisotopic (exact) mass is 284 g/mol. The van der Waals surface area contributed by atoms with E-state index in [4.69, 9.17) is 0 Å². The Hall–Kier alpha value is -1.91. The molecule has 2 fully saturated rings. The lowest BCUT2D eigenvalue weighted by atomic mass is 9.84. The summed E-state index contributed by atoms with van der Waals surface area (Å²) in [4.78, 5) is 16.6. The van der Waals surface area contributed by atoms with Gasteiger partial charge in [-0.3, -0.25) is 4.79 Å². The number of nitrogens with zero attached hydrogens (tertiary/aromatic N) is 3. The fraction of sp³-hybridized carbons (Fsp3) is 0.562. The van der Waals surface area contributed by atoms with E-state index in [1.165, 1.54) is 25.7 Å². The van der Waals surface area contributed by atoms with Gasteiger partial charge in [0.05, 0.1) is 0 Å². The van der Waals surface area contributed by atoms with Gasteiger partial charge in [0.2, 0.25) is 0 Å². The molecule has 0 aliphatic heterocycles. The number of fused-ring (bicyclic) bond motifs is 3. The Labute approximate surface area is 123 Å². The SMILES string of the molecule is CC(NC(=O)c1cc2ncccn2n1)C1CC2CCC1C2. The van der Waals surface area contributed by atoms with Gasteiger partial charge in [-0.25, -0.2) is 9.50 Å². The first-order valence-corrected chi connectivity index (χ1v) is 7.82. The van der Waals surface area contributed by atoms with Crippen LogP contribution in [0.4, 0.5) is 0 Å². The molecular formula is C16H20N4O. The molecule has 0 aromatic carbocycles. The first-order valence-electron chi connectivity index (χ1n) is 7.82. The Morgan fingerprint density at radius 3 is 3.05 bits per heavy atom. The van der Waals surface area contributed by atoms with Gasteiger partial charge in [0.25, 0.3) is 5.91 Å². The van der Waals surface area contributed by atoms with Crippen molar-refractivity contribution in [3.05, 3.63) is 30.2 Å². The first-order chi connectivity index (χ1) is 10.2. The zero-order valence-electron chi connectivity index (χ0n) is 12.2. The molecule has 5 nitrogen and oxygen atoms in total.